The summed E-state index contributed by atoms with van der Waals surface area (Å²) in [6.07, 6.45) is 0.455. The molecule has 0 radical (unpaired) electrons. The number of amides is 1. The van der Waals surface area contributed by atoms with Crippen LogP contribution in [0.15, 0.2) is 18.2 Å². The number of nitrogens with two attached hydrogens (primary N) is 1. The van der Waals surface area contributed by atoms with E-state index in [0.717, 1.165) is 0 Å². The predicted octanol–water partition coefficient (Wildman–Crippen LogP) is 1.15. The largest absolute Gasteiger partial charge is 0.494 e. The van der Waals surface area contributed by atoms with Crippen LogP contribution in [0.25, 0.3) is 0 Å². The van der Waals surface area contributed by atoms with Crippen LogP contribution < -0.4 is 15.4 Å². The molecule has 1 aromatic rings. The van der Waals surface area contributed by atoms with Crippen molar-refractivity contribution in [1.29, 1.82) is 0 Å². The highest BCUT2D eigenvalue weighted by Crippen LogP contribution is 2.29. The molecular weight excluding hydrogens is 223 g/mol. The molecule has 5 heteroatoms. The molecule has 1 aliphatic heterocycles. The second kappa shape index (κ2) is 4.71. The second-order valence-electron chi connectivity index (χ2n) is 4.13. The molecule has 1 fully saturated rings. The molecule has 0 aromatic heterocycles. The lowest BCUT2D eigenvalue weighted by Gasteiger charge is -2.17. The van der Waals surface area contributed by atoms with Gasteiger partial charge in [0, 0.05) is 24.7 Å². The Hall–Kier alpha value is -1.62. The van der Waals surface area contributed by atoms with Gasteiger partial charge in [-0.25, -0.2) is 4.39 Å². The van der Waals surface area contributed by atoms with Gasteiger partial charge in [0.15, 0.2) is 11.6 Å². The average Bonchev–Trinajstić information content (AvgIpc) is 2.71. The number of methoxy groups -OCH3 is 1. The third-order valence-corrected chi connectivity index (χ3v) is 2.98. The summed E-state index contributed by atoms with van der Waals surface area (Å²) in [5.41, 5.74) is 6.21. The van der Waals surface area contributed by atoms with Gasteiger partial charge < -0.3 is 15.4 Å². The monoisotopic (exact) mass is 238 g/mol. The third kappa shape index (κ3) is 2.24. The first kappa shape index (κ1) is 11.9. The molecule has 1 amide bonds. The topological polar surface area (TPSA) is 55.6 Å². The van der Waals surface area contributed by atoms with Gasteiger partial charge in [-0.1, -0.05) is 0 Å². The minimum Gasteiger partial charge on any atom is -0.494 e. The van der Waals surface area contributed by atoms with E-state index in [-0.39, 0.29) is 17.6 Å². The van der Waals surface area contributed by atoms with Crippen LogP contribution in [0.2, 0.25) is 0 Å². The predicted molar refractivity (Wildman–Crippen MR) is 62.5 cm³/mol. The van der Waals surface area contributed by atoms with Crippen LogP contribution in [0.4, 0.5) is 10.1 Å². The molecule has 1 aliphatic rings. The van der Waals surface area contributed by atoms with Gasteiger partial charge in [0.2, 0.25) is 5.91 Å². The van der Waals surface area contributed by atoms with Gasteiger partial charge in [-0.05, 0) is 24.6 Å². The zero-order valence-electron chi connectivity index (χ0n) is 9.65. The number of carbonyl (C=O) groups is 1. The summed E-state index contributed by atoms with van der Waals surface area (Å²) in [4.78, 5) is 13.4. The summed E-state index contributed by atoms with van der Waals surface area (Å²) in [5.74, 6) is -0.0857. The van der Waals surface area contributed by atoms with Gasteiger partial charge in [-0.15, -0.1) is 0 Å². The maximum Gasteiger partial charge on any atom is 0.227 e. The van der Waals surface area contributed by atoms with E-state index in [2.05, 4.69) is 0 Å². The van der Waals surface area contributed by atoms with Crippen molar-refractivity contribution < 1.29 is 13.9 Å². The molecule has 1 heterocycles. The number of anilines is 1. The van der Waals surface area contributed by atoms with Crippen molar-refractivity contribution in [2.24, 2.45) is 11.7 Å². The van der Waals surface area contributed by atoms with Crippen molar-refractivity contribution in [3.8, 4) is 5.75 Å². The van der Waals surface area contributed by atoms with E-state index < -0.39 is 5.82 Å². The van der Waals surface area contributed by atoms with E-state index in [1.165, 1.54) is 19.2 Å². The zero-order valence-corrected chi connectivity index (χ0v) is 9.65. The Balaban J connectivity index is 2.26. The highest BCUT2D eigenvalue weighted by molar-refractivity contribution is 5.95. The summed E-state index contributed by atoms with van der Waals surface area (Å²) < 4.78 is 18.1. The molecular formula is C12H15FN2O2. The summed E-state index contributed by atoms with van der Waals surface area (Å²) in [5, 5.41) is 0. The standard InChI is InChI=1S/C12H15FN2O2/c1-17-11-5-9(2-3-10(11)13)15-7-8(6-14)4-12(15)16/h2-3,5,8H,4,6-7,14H2,1H3. The number of hydrogen-bond donors (Lipinski definition) is 1. The molecule has 2 N–H and O–H groups in total. The average molecular weight is 238 g/mol. The minimum atomic E-state index is -0.432. The number of ether oxygens (including phenoxy) is 1. The first-order valence-corrected chi connectivity index (χ1v) is 5.49. The first-order chi connectivity index (χ1) is 8.15. The van der Waals surface area contributed by atoms with Gasteiger partial charge in [0.1, 0.15) is 0 Å². The summed E-state index contributed by atoms with van der Waals surface area (Å²) >= 11 is 0. The fourth-order valence-electron chi connectivity index (χ4n) is 2.01. The smallest absolute Gasteiger partial charge is 0.227 e. The van der Waals surface area contributed by atoms with Crippen LogP contribution in [0.5, 0.6) is 5.75 Å². The number of nitrogens with zero attached hydrogens (tertiary/aromatic N) is 1. The van der Waals surface area contributed by atoms with Crippen molar-refractivity contribution in [1.82, 2.24) is 0 Å². The maximum absolute atomic E-state index is 13.2. The number of benzene rings is 1. The van der Waals surface area contributed by atoms with Crippen LogP contribution in [0.3, 0.4) is 0 Å². The molecule has 1 aromatic carbocycles. The summed E-state index contributed by atoms with van der Waals surface area (Å²) in [6, 6.07) is 4.41. The fraction of sp³-hybridized carbons (Fsp3) is 0.417. The fourth-order valence-corrected chi connectivity index (χ4v) is 2.01. The van der Waals surface area contributed by atoms with E-state index in [1.54, 1.807) is 11.0 Å². The summed E-state index contributed by atoms with van der Waals surface area (Å²) in [6.45, 7) is 1.07. The Morgan fingerprint density at radius 3 is 2.94 bits per heavy atom. The van der Waals surface area contributed by atoms with Crippen molar-refractivity contribution in [2.45, 2.75) is 6.42 Å². The van der Waals surface area contributed by atoms with Gasteiger partial charge >= 0.3 is 0 Å². The van der Waals surface area contributed by atoms with Crippen molar-refractivity contribution in [3.63, 3.8) is 0 Å². The molecule has 0 spiro atoms. The molecule has 4 nitrogen and oxygen atoms in total. The van der Waals surface area contributed by atoms with E-state index in [0.29, 0.717) is 25.2 Å². The number of hydrogen-bond acceptors (Lipinski definition) is 3. The van der Waals surface area contributed by atoms with E-state index in [9.17, 15) is 9.18 Å². The van der Waals surface area contributed by atoms with E-state index >= 15 is 0 Å². The molecule has 0 aliphatic carbocycles. The molecule has 2 rings (SSSR count). The Morgan fingerprint density at radius 2 is 2.35 bits per heavy atom. The highest BCUT2D eigenvalue weighted by Gasteiger charge is 2.29. The Kier molecular flexibility index (Phi) is 3.28. The van der Waals surface area contributed by atoms with Crippen molar-refractivity contribution in [3.05, 3.63) is 24.0 Å². The zero-order chi connectivity index (χ0) is 12.4. The molecule has 1 unspecified atom stereocenters. The van der Waals surface area contributed by atoms with Crippen LogP contribution >= 0.6 is 0 Å². The highest BCUT2D eigenvalue weighted by atomic mass is 19.1. The molecule has 17 heavy (non-hydrogen) atoms. The molecule has 1 atom stereocenters. The van der Waals surface area contributed by atoms with Crippen LogP contribution in [-0.2, 0) is 4.79 Å². The molecule has 1 saturated heterocycles. The van der Waals surface area contributed by atoms with Crippen molar-refractivity contribution in [2.75, 3.05) is 25.1 Å². The minimum absolute atomic E-state index is 0.0223. The first-order valence-electron chi connectivity index (χ1n) is 5.49. The Labute approximate surface area is 99.2 Å². The quantitative estimate of drug-likeness (QED) is 0.859. The lowest BCUT2D eigenvalue weighted by molar-refractivity contribution is -0.117. The number of rotatable bonds is 3. The Morgan fingerprint density at radius 1 is 1.59 bits per heavy atom. The van der Waals surface area contributed by atoms with Crippen LogP contribution in [0.1, 0.15) is 6.42 Å². The lowest BCUT2D eigenvalue weighted by Crippen LogP contribution is -2.25. The number of halogens is 1. The van der Waals surface area contributed by atoms with Gasteiger partial charge in [-0.2, -0.15) is 0 Å². The lowest BCUT2D eigenvalue weighted by atomic mass is 10.1. The third-order valence-electron chi connectivity index (χ3n) is 2.98. The van der Waals surface area contributed by atoms with Gasteiger partial charge in [-0.3, -0.25) is 4.79 Å². The molecule has 0 bridgehead atoms. The normalized spacial score (nSPS) is 19.8. The Bertz CT molecular complexity index is 437. The van der Waals surface area contributed by atoms with Gasteiger partial charge in [0.05, 0.1) is 7.11 Å². The SMILES string of the molecule is COc1cc(N2CC(CN)CC2=O)ccc1F. The van der Waals surface area contributed by atoms with Crippen LogP contribution in [0, 0.1) is 11.7 Å². The second-order valence-corrected chi connectivity index (χ2v) is 4.13. The number of carbonyl (C=O) groups excluding carboxylic acids is 1. The van der Waals surface area contributed by atoms with Crippen LogP contribution in [-0.4, -0.2) is 26.1 Å². The van der Waals surface area contributed by atoms with E-state index in [1.807, 2.05) is 0 Å². The maximum atomic E-state index is 13.2. The van der Waals surface area contributed by atoms with E-state index in [4.69, 9.17) is 10.5 Å². The summed E-state index contributed by atoms with van der Waals surface area (Å²) in [7, 11) is 1.40. The molecule has 92 valence electrons. The molecule has 0 saturated carbocycles. The van der Waals surface area contributed by atoms with Crippen molar-refractivity contribution >= 4 is 11.6 Å². The van der Waals surface area contributed by atoms with Gasteiger partial charge in [0.25, 0.3) is 0 Å².